The Kier molecular flexibility index (Phi) is 4.95. The minimum absolute atomic E-state index is 0.0890. The highest BCUT2D eigenvalue weighted by Gasteiger charge is 2.36. The topological polar surface area (TPSA) is 58.0 Å². The molecule has 5 rings (SSSR count). The van der Waals surface area contributed by atoms with Crippen LogP contribution in [0.15, 0.2) is 45.9 Å². The molecule has 0 aliphatic carbocycles. The third-order valence-corrected chi connectivity index (χ3v) is 6.73. The summed E-state index contributed by atoms with van der Waals surface area (Å²) in [4.78, 5) is 26.7. The van der Waals surface area contributed by atoms with E-state index in [9.17, 15) is 4.79 Å². The first-order valence-electron chi connectivity index (χ1n) is 9.47. The van der Waals surface area contributed by atoms with Gasteiger partial charge in [-0.15, -0.1) is 0 Å². The van der Waals surface area contributed by atoms with Crippen LogP contribution in [0.4, 0.5) is 10.8 Å². The third kappa shape index (κ3) is 3.50. The lowest BCUT2D eigenvalue weighted by atomic mass is 10.1. The predicted molar refractivity (Wildman–Crippen MR) is 119 cm³/mol. The molecule has 3 aromatic rings. The van der Waals surface area contributed by atoms with Crippen molar-refractivity contribution in [2.45, 2.75) is 6.92 Å². The average molecular weight is 471 g/mol. The second-order valence-corrected chi connectivity index (χ2v) is 9.03. The Hall–Kier alpha value is -2.13. The van der Waals surface area contributed by atoms with E-state index in [1.165, 1.54) is 16.9 Å². The molecule has 1 aromatic heterocycles. The number of morpholine rings is 1. The largest absolute Gasteiger partial charge is 0.379 e. The molecule has 0 saturated carbocycles. The summed E-state index contributed by atoms with van der Waals surface area (Å²) in [5.74, 6) is -0.0890. The van der Waals surface area contributed by atoms with E-state index >= 15 is 0 Å². The number of halogens is 1. The van der Waals surface area contributed by atoms with Crippen molar-refractivity contribution in [3.63, 3.8) is 0 Å². The number of aryl methyl sites for hydroxylation is 1. The van der Waals surface area contributed by atoms with E-state index in [1.807, 2.05) is 35.2 Å². The minimum atomic E-state index is -0.0890. The zero-order valence-corrected chi connectivity index (χ0v) is 18.3. The van der Waals surface area contributed by atoms with Crippen molar-refractivity contribution in [2.75, 3.05) is 37.9 Å². The van der Waals surface area contributed by atoms with Crippen LogP contribution in [-0.4, -0.2) is 54.5 Å². The number of aromatic nitrogens is 1. The standard InChI is InChI=1S/C21H19BrN4O2S/c1-13-5-6-15-17(11-13)29-21(23-15)24-19-18-14(22)3-2-4-16(18)26(20(19)27)12-25-7-9-28-10-8-25/h2-6,11H,7-10,12H2,1H3/b24-19-. The molecule has 8 heteroatoms. The number of carbonyl (C=O) groups excluding carboxylic acids is 1. The number of nitrogens with zero attached hydrogens (tertiary/aromatic N) is 4. The molecule has 3 heterocycles. The number of hydrogen-bond donors (Lipinski definition) is 0. The van der Waals surface area contributed by atoms with Gasteiger partial charge in [-0.2, -0.15) is 0 Å². The summed E-state index contributed by atoms with van der Waals surface area (Å²) < 4.78 is 7.37. The normalized spacial score (nSPS) is 18.8. The molecule has 0 bridgehead atoms. The second kappa shape index (κ2) is 7.60. The van der Waals surface area contributed by atoms with Crippen LogP contribution >= 0.6 is 27.3 Å². The summed E-state index contributed by atoms with van der Waals surface area (Å²) in [5.41, 5.74) is 4.24. The van der Waals surface area contributed by atoms with Gasteiger partial charge < -0.3 is 4.74 Å². The van der Waals surface area contributed by atoms with Gasteiger partial charge in [0.1, 0.15) is 5.71 Å². The van der Waals surface area contributed by atoms with Crippen LogP contribution in [0.3, 0.4) is 0 Å². The molecule has 2 aliphatic rings. The molecular weight excluding hydrogens is 452 g/mol. The lowest BCUT2D eigenvalue weighted by Crippen LogP contribution is -2.45. The fourth-order valence-corrected chi connectivity index (χ4v) is 5.15. The lowest BCUT2D eigenvalue weighted by molar-refractivity contribution is -0.112. The summed E-state index contributed by atoms with van der Waals surface area (Å²) in [5, 5.41) is 0.601. The Labute approximate surface area is 180 Å². The van der Waals surface area contributed by atoms with Gasteiger partial charge >= 0.3 is 0 Å². The maximum Gasteiger partial charge on any atom is 0.278 e. The fraction of sp³-hybridized carbons (Fsp3) is 0.286. The van der Waals surface area contributed by atoms with Gasteiger partial charge in [-0.05, 0) is 36.8 Å². The zero-order chi connectivity index (χ0) is 20.0. The molecule has 1 amide bonds. The van der Waals surface area contributed by atoms with Gasteiger partial charge in [0.2, 0.25) is 5.13 Å². The van der Waals surface area contributed by atoms with Gasteiger partial charge in [0.05, 0.1) is 35.8 Å². The van der Waals surface area contributed by atoms with Crippen molar-refractivity contribution in [1.29, 1.82) is 0 Å². The summed E-state index contributed by atoms with van der Waals surface area (Å²) in [6.07, 6.45) is 0. The number of thiazole rings is 1. The maximum atomic E-state index is 13.4. The highest BCUT2D eigenvalue weighted by Crippen LogP contribution is 2.37. The SMILES string of the molecule is Cc1ccc2nc(/N=C3\C(=O)N(CN4CCOCC4)c4cccc(Br)c43)sc2c1. The predicted octanol–water partition coefficient (Wildman–Crippen LogP) is 4.12. The van der Waals surface area contributed by atoms with Crippen LogP contribution in [0.5, 0.6) is 0 Å². The summed E-state index contributed by atoms with van der Waals surface area (Å²) in [7, 11) is 0. The van der Waals surface area contributed by atoms with Gasteiger partial charge in [-0.1, -0.05) is 39.4 Å². The first kappa shape index (κ1) is 18.9. The zero-order valence-electron chi connectivity index (χ0n) is 15.9. The van der Waals surface area contributed by atoms with E-state index in [-0.39, 0.29) is 5.91 Å². The Morgan fingerprint density at radius 3 is 2.90 bits per heavy atom. The third-order valence-electron chi connectivity index (χ3n) is 5.15. The van der Waals surface area contributed by atoms with Crippen LogP contribution in [0.1, 0.15) is 11.1 Å². The number of ether oxygens (including phenoxy) is 1. The van der Waals surface area contributed by atoms with Crippen molar-refractivity contribution in [3.05, 3.63) is 52.0 Å². The second-order valence-electron chi connectivity index (χ2n) is 7.17. The van der Waals surface area contributed by atoms with Gasteiger partial charge in [0.15, 0.2) is 0 Å². The van der Waals surface area contributed by atoms with Gasteiger partial charge in [-0.25, -0.2) is 9.98 Å². The molecule has 6 nitrogen and oxygen atoms in total. The molecule has 0 spiro atoms. The molecule has 1 saturated heterocycles. The van der Waals surface area contributed by atoms with Crippen molar-refractivity contribution >= 4 is 59.9 Å². The first-order valence-corrected chi connectivity index (χ1v) is 11.1. The smallest absolute Gasteiger partial charge is 0.278 e. The van der Waals surface area contributed by atoms with Crippen molar-refractivity contribution in [1.82, 2.24) is 9.88 Å². The quantitative estimate of drug-likeness (QED) is 0.577. The molecule has 0 unspecified atom stereocenters. The average Bonchev–Trinajstić information content (AvgIpc) is 3.23. The number of rotatable bonds is 3. The van der Waals surface area contributed by atoms with Crippen molar-refractivity contribution in [3.8, 4) is 0 Å². The van der Waals surface area contributed by atoms with E-state index in [4.69, 9.17) is 9.73 Å². The van der Waals surface area contributed by atoms with Crippen molar-refractivity contribution < 1.29 is 9.53 Å². The van der Waals surface area contributed by atoms with Crippen LogP contribution in [-0.2, 0) is 9.53 Å². The maximum absolute atomic E-state index is 13.4. The number of hydrogen-bond acceptors (Lipinski definition) is 6. The Morgan fingerprint density at radius 2 is 2.07 bits per heavy atom. The molecule has 0 radical (unpaired) electrons. The number of fused-ring (bicyclic) bond motifs is 2. The Morgan fingerprint density at radius 1 is 1.24 bits per heavy atom. The van der Waals surface area contributed by atoms with Gasteiger partial charge in [0.25, 0.3) is 5.91 Å². The van der Waals surface area contributed by atoms with Crippen LogP contribution in [0.25, 0.3) is 10.2 Å². The Bertz CT molecular complexity index is 1140. The van der Waals surface area contributed by atoms with E-state index < -0.39 is 0 Å². The summed E-state index contributed by atoms with van der Waals surface area (Å²) in [6.45, 7) is 5.61. The highest BCUT2D eigenvalue weighted by molar-refractivity contribution is 9.10. The number of amides is 1. The van der Waals surface area contributed by atoms with Crippen LogP contribution in [0, 0.1) is 6.92 Å². The van der Waals surface area contributed by atoms with E-state index in [1.54, 1.807) is 0 Å². The molecule has 1 fully saturated rings. The van der Waals surface area contributed by atoms with E-state index in [2.05, 4.69) is 38.8 Å². The van der Waals surface area contributed by atoms with Crippen molar-refractivity contribution in [2.24, 2.45) is 4.99 Å². The highest BCUT2D eigenvalue weighted by atomic mass is 79.9. The lowest BCUT2D eigenvalue weighted by Gasteiger charge is -2.30. The monoisotopic (exact) mass is 470 g/mol. The first-order chi connectivity index (χ1) is 14.1. The molecule has 2 aliphatic heterocycles. The number of carbonyl (C=O) groups is 1. The van der Waals surface area contributed by atoms with Crippen LogP contribution in [0.2, 0.25) is 0 Å². The molecule has 148 valence electrons. The van der Waals surface area contributed by atoms with E-state index in [0.29, 0.717) is 30.7 Å². The number of benzene rings is 2. The van der Waals surface area contributed by atoms with Crippen LogP contribution < -0.4 is 4.90 Å². The fourth-order valence-electron chi connectivity index (χ4n) is 3.67. The van der Waals surface area contributed by atoms with Gasteiger partial charge in [-0.3, -0.25) is 14.6 Å². The molecule has 0 N–H and O–H groups in total. The van der Waals surface area contributed by atoms with E-state index in [0.717, 1.165) is 39.0 Å². The molecule has 29 heavy (non-hydrogen) atoms. The summed E-state index contributed by atoms with van der Waals surface area (Å²) in [6, 6.07) is 12.0. The number of anilines is 1. The summed E-state index contributed by atoms with van der Waals surface area (Å²) >= 11 is 5.12. The number of aliphatic imine (C=N–C) groups is 1. The van der Waals surface area contributed by atoms with Gasteiger partial charge in [0, 0.05) is 23.1 Å². The minimum Gasteiger partial charge on any atom is -0.379 e. The molecular formula is C21H19BrN4O2S. The molecule has 2 aromatic carbocycles. The Balaban J connectivity index is 1.55. The molecule has 0 atom stereocenters.